The first-order valence-electron chi connectivity index (χ1n) is 7.51. The Morgan fingerprint density at radius 1 is 1.38 bits per heavy atom. The molecule has 3 rings (SSSR count). The normalized spacial score (nSPS) is 10.9. The van der Waals surface area contributed by atoms with Crippen LogP contribution in [0, 0.1) is 17.0 Å². The molecule has 0 N–H and O–H groups in total. The number of hydrogen-bond donors (Lipinski definition) is 0. The van der Waals surface area contributed by atoms with E-state index in [4.69, 9.17) is 16.3 Å². The Morgan fingerprint density at radius 3 is 2.92 bits per heavy atom. The molecular formula is C15H15ClN6O3S. The summed E-state index contributed by atoms with van der Waals surface area (Å²) in [6.07, 6.45) is 2.58. The largest absolute Gasteiger partial charge is 0.484 e. The fourth-order valence-electron chi connectivity index (χ4n) is 2.10. The molecule has 0 aliphatic rings. The second kappa shape index (κ2) is 7.75. The van der Waals surface area contributed by atoms with E-state index in [-0.39, 0.29) is 12.3 Å². The monoisotopic (exact) mass is 394 g/mol. The maximum absolute atomic E-state index is 10.7. The minimum Gasteiger partial charge on any atom is -0.484 e. The lowest BCUT2D eigenvalue weighted by molar-refractivity contribution is -0.385. The minimum atomic E-state index is -0.484. The smallest absolute Gasteiger partial charge is 0.307 e. The summed E-state index contributed by atoms with van der Waals surface area (Å²) in [5.41, 5.74) is 1.000. The van der Waals surface area contributed by atoms with Gasteiger partial charge >= 0.3 is 5.69 Å². The van der Waals surface area contributed by atoms with Crippen LogP contribution in [0.2, 0.25) is 5.02 Å². The van der Waals surface area contributed by atoms with Crippen molar-refractivity contribution in [2.75, 3.05) is 0 Å². The molecule has 0 unspecified atom stereocenters. The summed E-state index contributed by atoms with van der Waals surface area (Å²) in [7, 11) is 1.82. The van der Waals surface area contributed by atoms with Crippen LogP contribution in [0.3, 0.4) is 0 Å². The van der Waals surface area contributed by atoms with Crippen molar-refractivity contribution in [3.63, 3.8) is 0 Å². The van der Waals surface area contributed by atoms with Gasteiger partial charge in [0.2, 0.25) is 0 Å². The predicted octanol–water partition coefficient (Wildman–Crippen LogP) is 3.21. The first kappa shape index (κ1) is 18.2. The first-order chi connectivity index (χ1) is 12.4. The Labute approximate surface area is 158 Å². The average molecular weight is 395 g/mol. The van der Waals surface area contributed by atoms with E-state index < -0.39 is 4.92 Å². The molecule has 0 radical (unpaired) electrons. The van der Waals surface area contributed by atoms with E-state index in [2.05, 4.69) is 15.3 Å². The van der Waals surface area contributed by atoms with Crippen LogP contribution >= 0.6 is 23.4 Å². The molecule has 0 spiro atoms. The number of nitro groups is 1. The van der Waals surface area contributed by atoms with Gasteiger partial charge in [0.05, 0.1) is 15.8 Å². The molecule has 3 aromatic rings. The van der Waals surface area contributed by atoms with Crippen molar-refractivity contribution in [1.82, 2.24) is 24.5 Å². The van der Waals surface area contributed by atoms with Crippen LogP contribution in [0.4, 0.5) is 5.69 Å². The number of ether oxygens (including phenoxy) is 1. The Hall–Kier alpha value is -2.59. The zero-order chi connectivity index (χ0) is 18.7. The third kappa shape index (κ3) is 4.14. The highest BCUT2D eigenvalue weighted by molar-refractivity contribution is 7.98. The van der Waals surface area contributed by atoms with Gasteiger partial charge in [0.25, 0.3) is 0 Å². The van der Waals surface area contributed by atoms with Gasteiger partial charge in [0.15, 0.2) is 11.0 Å². The van der Waals surface area contributed by atoms with E-state index in [1.54, 1.807) is 10.6 Å². The van der Waals surface area contributed by atoms with Crippen LogP contribution in [0.1, 0.15) is 11.4 Å². The summed E-state index contributed by atoms with van der Waals surface area (Å²) in [6.45, 7) is 2.18. The van der Waals surface area contributed by atoms with Crippen molar-refractivity contribution in [2.24, 2.45) is 7.05 Å². The Bertz CT molecular complexity index is 941. The number of rotatable bonds is 7. The van der Waals surface area contributed by atoms with E-state index in [9.17, 15) is 10.1 Å². The molecule has 0 saturated heterocycles. The number of aromatic nitrogens is 5. The Kier molecular flexibility index (Phi) is 5.43. The summed E-state index contributed by atoms with van der Waals surface area (Å²) in [5.74, 6) is 1.61. The number of thioether (sulfide) groups is 1. The van der Waals surface area contributed by atoms with Crippen molar-refractivity contribution in [3.05, 3.63) is 57.1 Å². The molecule has 0 bridgehead atoms. The van der Waals surface area contributed by atoms with Crippen LogP contribution in [-0.2, 0) is 19.5 Å². The molecule has 1 aromatic carbocycles. The van der Waals surface area contributed by atoms with Crippen molar-refractivity contribution >= 4 is 29.1 Å². The van der Waals surface area contributed by atoms with E-state index in [0.717, 1.165) is 5.56 Å². The zero-order valence-corrected chi connectivity index (χ0v) is 15.6. The second-order valence-electron chi connectivity index (χ2n) is 5.45. The van der Waals surface area contributed by atoms with Crippen LogP contribution < -0.4 is 4.74 Å². The summed E-state index contributed by atoms with van der Waals surface area (Å²) >= 11 is 7.48. The molecule has 2 aromatic heterocycles. The number of nitrogens with zero attached hydrogens (tertiary/aromatic N) is 6. The highest BCUT2D eigenvalue weighted by Crippen LogP contribution is 2.26. The van der Waals surface area contributed by atoms with Gasteiger partial charge in [0.1, 0.15) is 24.8 Å². The molecule has 136 valence electrons. The zero-order valence-electron chi connectivity index (χ0n) is 14.0. The van der Waals surface area contributed by atoms with Crippen LogP contribution in [0.25, 0.3) is 0 Å². The molecule has 9 nitrogen and oxygen atoms in total. The molecule has 0 amide bonds. The van der Waals surface area contributed by atoms with Gasteiger partial charge in [-0.3, -0.25) is 14.8 Å². The predicted molar refractivity (Wildman–Crippen MR) is 96.3 cm³/mol. The molecule has 0 aliphatic carbocycles. The van der Waals surface area contributed by atoms with Crippen LogP contribution in [-0.4, -0.2) is 29.5 Å². The highest BCUT2D eigenvalue weighted by Gasteiger charge is 2.13. The second-order valence-corrected chi connectivity index (χ2v) is 6.77. The van der Waals surface area contributed by atoms with Gasteiger partial charge in [-0.2, -0.15) is 5.10 Å². The molecule has 0 atom stereocenters. The van der Waals surface area contributed by atoms with Gasteiger partial charge in [0, 0.05) is 7.05 Å². The van der Waals surface area contributed by atoms with Crippen molar-refractivity contribution in [3.8, 4) is 5.75 Å². The maximum Gasteiger partial charge on any atom is 0.307 e. The number of hydrogen-bond acceptors (Lipinski definition) is 7. The topological polar surface area (TPSA) is 101 Å². The molecule has 0 fully saturated rings. The standard InChI is InChI=1S/C15H15ClN6O3S/c1-10-3-4-12(16)13(5-10)25-8-14-18-19-15(20(14)2)26-9-21-7-11(6-17-21)22(23)24/h3-7H,8-9H2,1-2H3. The molecule has 2 heterocycles. The van der Waals surface area contributed by atoms with Crippen LogP contribution in [0.5, 0.6) is 5.75 Å². The summed E-state index contributed by atoms with van der Waals surface area (Å²) in [5, 5.41) is 24.0. The van der Waals surface area contributed by atoms with Gasteiger partial charge < -0.3 is 9.30 Å². The number of benzene rings is 1. The highest BCUT2D eigenvalue weighted by atomic mass is 35.5. The SMILES string of the molecule is Cc1ccc(Cl)c(OCc2nnc(SCn3cc([N+](=O)[O-])cn3)n2C)c1. The van der Waals surface area contributed by atoms with E-state index >= 15 is 0 Å². The van der Waals surface area contributed by atoms with Crippen molar-refractivity contribution < 1.29 is 9.66 Å². The van der Waals surface area contributed by atoms with Crippen molar-refractivity contribution in [2.45, 2.75) is 24.6 Å². The fraction of sp³-hybridized carbons (Fsp3) is 0.267. The quantitative estimate of drug-likeness (QED) is 0.344. The van der Waals surface area contributed by atoms with E-state index in [0.29, 0.717) is 27.6 Å². The summed E-state index contributed by atoms with van der Waals surface area (Å²) < 4.78 is 9.00. The van der Waals surface area contributed by atoms with E-state index in [1.807, 2.05) is 26.1 Å². The summed E-state index contributed by atoms with van der Waals surface area (Å²) in [4.78, 5) is 10.2. The lowest BCUT2D eigenvalue weighted by Gasteiger charge is -2.09. The molecular weight excluding hydrogens is 380 g/mol. The molecule has 11 heteroatoms. The van der Waals surface area contributed by atoms with Crippen molar-refractivity contribution in [1.29, 1.82) is 0 Å². The lowest BCUT2D eigenvalue weighted by atomic mass is 10.2. The third-order valence-electron chi connectivity index (χ3n) is 3.52. The van der Waals surface area contributed by atoms with Gasteiger partial charge in [-0.05, 0) is 24.6 Å². The molecule has 26 heavy (non-hydrogen) atoms. The maximum atomic E-state index is 10.7. The minimum absolute atomic E-state index is 0.0484. The lowest BCUT2D eigenvalue weighted by Crippen LogP contribution is -2.05. The molecule has 0 saturated carbocycles. The first-order valence-corrected chi connectivity index (χ1v) is 8.87. The van der Waals surface area contributed by atoms with E-state index in [1.165, 1.54) is 28.8 Å². The van der Waals surface area contributed by atoms with Crippen LogP contribution in [0.15, 0.2) is 35.7 Å². The number of aryl methyl sites for hydroxylation is 1. The third-order valence-corrected chi connectivity index (χ3v) is 4.84. The Balaban J connectivity index is 1.62. The van der Waals surface area contributed by atoms with Gasteiger partial charge in [-0.1, -0.05) is 29.4 Å². The number of halogens is 1. The van der Waals surface area contributed by atoms with Gasteiger partial charge in [-0.25, -0.2) is 0 Å². The summed E-state index contributed by atoms with van der Waals surface area (Å²) in [6, 6.07) is 5.55. The molecule has 0 aliphatic heterocycles. The average Bonchev–Trinajstić information content (AvgIpc) is 3.21. The van der Waals surface area contributed by atoms with Gasteiger partial charge in [-0.15, -0.1) is 10.2 Å². The fourth-order valence-corrected chi connectivity index (χ4v) is 3.06. The Morgan fingerprint density at radius 2 is 2.19 bits per heavy atom.